The average molecular weight is 432 g/mol. The van der Waals surface area contributed by atoms with Crippen LogP contribution in [-0.4, -0.2) is 23.1 Å². The molecule has 0 amide bonds. The van der Waals surface area contributed by atoms with Gasteiger partial charge in [0.2, 0.25) is 0 Å². The molecule has 4 nitrogen and oxygen atoms in total. The first kappa shape index (κ1) is 30.8. The molecular weight excluding hydrogens is 394 g/mol. The molecule has 27 heavy (non-hydrogen) atoms. The molecular formula is C22H38O4Zn. The summed E-state index contributed by atoms with van der Waals surface area (Å²) >= 11 is 0. The van der Waals surface area contributed by atoms with E-state index < -0.39 is 0 Å². The molecule has 0 aromatic heterocycles. The number of carbonyl (C=O) groups excluding carboxylic acids is 4. The van der Waals surface area contributed by atoms with Crippen molar-refractivity contribution in [3.63, 3.8) is 0 Å². The molecule has 0 rings (SSSR count). The number of hydrogen-bond acceptors (Lipinski definition) is 4. The largest absolute Gasteiger partial charge is 2.00 e. The van der Waals surface area contributed by atoms with Crippen LogP contribution in [0, 0.1) is 13.8 Å². The van der Waals surface area contributed by atoms with Crippen LogP contribution >= 0.6 is 0 Å². The Balaban J connectivity index is -0.000000411. The fraction of sp³-hybridized carbons (Fsp3) is 0.727. The van der Waals surface area contributed by atoms with Gasteiger partial charge in [0.05, 0.1) is 0 Å². The van der Waals surface area contributed by atoms with Crippen molar-refractivity contribution in [3.8, 4) is 0 Å². The number of hydrogen-bond donors (Lipinski definition) is 0. The van der Waals surface area contributed by atoms with Crippen LogP contribution in [0.15, 0.2) is 0 Å². The summed E-state index contributed by atoms with van der Waals surface area (Å²) in [6, 6.07) is 0. The van der Waals surface area contributed by atoms with Gasteiger partial charge in [-0.3, -0.25) is 9.59 Å². The van der Waals surface area contributed by atoms with Crippen molar-refractivity contribution in [2.75, 3.05) is 0 Å². The van der Waals surface area contributed by atoms with Crippen LogP contribution in [0.1, 0.15) is 104 Å². The van der Waals surface area contributed by atoms with Crippen LogP contribution in [-0.2, 0) is 38.7 Å². The number of ketones is 4. The van der Waals surface area contributed by atoms with Crippen LogP contribution in [0.2, 0.25) is 0 Å². The Bertz CT molecular complexity index is 367. The Labute approximate surface area is 179 Å². The van der Waals surface area contributed by atoms with Gasteiger partial charge in [-0.05, 0) is 12.8 Å². The van der Waals surface area contributed by atoms with E-state index in [1.165, 1.54) is 38.5 Å². The van der Waals surface area contributed by atoms with Gasteiger partial charge in [0.1, 0.15) is 11.6 Å². The summed E-state index contributed by atoms with van der Waals surface area (Å²) in [5.74, 6) is -0.454. The zero-order valence-corrected chi connectivity index (χ0v) is 20.6. The molecule has 0 unspecified atom stereocenters. The predicted molar refractivity (Wildman–Crippen MR) is 107 cm³/mol. The van der Waals surface area contributed by atoms with Gasteiger partial charge in [-0.15, -0.1) is 0 Å². The zero-order chi connectivity index (χ0) is 20.2. The van der Waals surface area contributed by atoms with Gasteiger partial charge >= 0.3 is 19.5 Å². The maximum absolute atomic E-state index is 11.0. The zero-order valence-electron chi connectivity index (χ0n) is 17.7. The Morgan fingerprint density at radius 2 is 0.852 bits per heavy atom. The maximum Gasteiger partial charge on any atom is 2.00 e. The van der Waals surface area contributed by atoms with Crippen LogP contribution in [0.5, 0.6) is 0 Å². The van der Waals surface area contributed by atoms with E-state index in [-0.39, 0.29) is 55.5 Å². The van der Waals surface area contributed by atoms with Gasteiger partial charge in [-0.25, -0.2) is 0 Å². The fourth-order valence-corrected chi connectivity index (χ4v) is 2.47. The summed E-state index contributed by atoms with van der Waals surface area (Å²) < 4.78 is 0. The molecule has 0 atom stereocenters. The number of rotatable bonds is 16. The van der Waals surface area contributed by atoms with Crippen LogP contribution < -0.4 is 0 Å². The van der Waals surface area contributed by atoms with E-state index in [1.807, 2.05) is 0 Å². The standard InChI is InChI=1S/2C11H19O2.Zn/c2*1-3-4-5-6-7-8-11(13)9-10(2)12;/h2*2-9H2,1H3;/q2*-1;+2. The van der Waals surface area contributed by atoms with Gasteiger partial charge in [0.25, 0.3) is 0 Å². The van der Waals surface area contributed by atoms with Crippen LogP contribution in [0.3, 0.4) is 0 Å². The average Bonchev–Trinajstić information content (AvgIpc) is 2.53. The summed E-state index contributed by atoms with van der Waals surface area (Å²) in [6.45, 7) is 10.7. The molecule has 0 aliphatic heterocycles. The van der Waals surface area contributed by atoms with Gasteiger partial charge in [-0.2, -0.15) is 0 Å². The predicted octanol–water partition coefficient (Wildman–Crippen LogP) is 5.42. The minimum Gasteiger partial charge on any atom is -0.339 e. The third-order valence-corrected chi connectivity index (χ3v) is 3.91. The molecule has 0 radical (unpaired) electrons. The van der Waals surface area contributed by atoms with Crippen molar-refractivity contribution in [2.24, 2.45) is 0 Å². The van der Waals surface area contributed by atoms with Crippen molar-refractivity contribution in [1.82, 2.24) is 0 Å². The van der Waals surface area contributed by atoms with Crippen molar-refractivity contribution >= 4 is 23.1 Å². The number of Topliss-reactive ketones (excluding diaryl/α,β-unsaturated/α-hetero) is 4. The molecule has 0 aromatic carbocycles. The van der Waals surface area contributed by atoms with Crippen LogP contribution in [0.25, 0.3) is 0 Å². The number of carbonyl (C=O) groups is 4. The Morgan fingerprint density at radius 3 is 1.11 bits per heavy atom. The SMILES string of the molecule is [CH2-]C(=O)CC(=O)CCCCCCC.[CH2-]C(=O)CC(=O)CCCCCCC.[Zn+2]. The van der Waals surface area contributed by atoms with E-state index in [9.17, 15) is 19.2 Å². The molecule has 0 heterocycles. The monoisotopic (exact) mass is 430 g/mol. The molecule has 0 fully saturated rings. The third kappa shape index (κ3) is 30.0. The second-order valence-electron chi connectivity index (χ2n) is 6.84. The van der Waals surface area contributed by atoms with Gasteiger partial charge in [0, 0.05) is 37.2 Å². The third-order valence-electron chi connectivity index (χ3n) is 3.91. The van der Waals surface area contributed by atoms with Gasteiger partial charge in [0.15, 0.2) is 0 Å². The second-order valence-corrected chi connectivity index (χ2v) is 6.84. The minimum absolute atomic E-state index is 0. The molecule has 0 saturated heterocycles. The molecule has 0 bridgehead atoms. The molecule has 152 valence electrons. The van der Waals surface area contributed by atoms with Gasteiger partial charge in [-0.1, -0.05) is 65.2 Å². The molecule has 0 N–H and O–H groups in total. The second kappa shape index (κ2) is 23.1. The van der Waals surface area contributed by atoms with E-state index in [1.54, 1.807) is 0 Å². The first-order valence-electron chi connectivity index (χ1n) is 10.1. The maximum atomic E-state index is 11.0. The van der Waals surface area contributed by atoms with Crippen molar-refractivity contribution in [3.05, 3.63) is 13.8 Å². The molecule has 0 aliphatic rings. The Hall–Kier alpha value is -0.957. The quantitative estimate of drug-likeness (QED) is 0.142. The van der Waals surface area contributed by atoms with Crippen molar-refractivity contribution in [1.29, 1.82) is 0 Å². The Morgan fingerprint density at radius 1 is 0.556 bits per heavy atom. The first-order chi connectivity index (χ1) is 12.3. The van der Waals surface area contributed by atoms with E-state index in [4.69, 9.17) is 0 Å². The summed E-state index contributed by atoms with van der Waals surface area (Å²) in [5, 5.41) is 0. The summed E-state index contributed by atoms with van der Waals surface area (Å²) in [5.41, 5.74) is 0. The molecule has 5 heteroatoms. The van der Waals surface area contributed by atoms with E-state index in [0.29, 0.717) is 12.8 Å². The smallest absolute Gasteiger partial charge is 0.339 e. The van der Waals surface area contributed by atoms with E-state index >= 15 is 0 Å². The normalized spacial score (nSPS) is 9.56. The van der Waals surface area contributed by atoms with E-state index in [0.717, 1.165) is 25.7 Å². The van der Waals surface area contributed by atoms with Gasteiger partial charge < -0.3 is 23.4 Å². The molecule has 0 saturated carbocycles. The Kier molecular flexibility index (Phi) is 26.3. The number of unbranched alkanes of at least 4 members (excludes halogenated alkanes) is 8. The topological polar surface area (TPSA) is 68.3 Å². The first-order valence-corrected chi connectivity index (χ1v) is 10.1. The van der Waals surface area contributed by atoms with Crippen LogP contribution in [0.4, 0.5) is 0 Å². The minimum atomic E-state index is -0.265. The molecule has 0 aliphatic carbocycles. The summed E-state index contributed by atoms with van der Waals surface area (Å²) in [4.78, 5) is 43.0. The van der Waals surface area contributed by atoms with E-state index in [2.05, 4.69) is 27.7 Å². The summed E-state index contributed by atoms with van der Waals surface area (Å²) in [6.07, 6.45) is 12.5. The van der Waals surface area contributed by atoms with Crippen molar-refractivity contribution in [2.45, 2.75) is 104 Å². The van der Waals surface area contributed by atoms with Crippen molar-refractivity contribution < 1.29 is 38.7 Å². The summed E-state index contributed by atoms with van der Waals surface area (Å²) in [7, 11) is 0. The fourth-order valence-electron chi connectivity index (χ4n) is 2.47. The molecule has 0 aromatic rings. The molecule has 0 spiro atoms.